The molecule has 1 rings (SSSR count). The molecule has 1 nitrogen and oxygen atoms in total. The van der Waals surface area contributed by atoms with Gasteiger partial charge in [0.15, 0.2) is 0 Å². The molecule has 0 unspecified atom stereocenters. The molecule has 0 spiro atoms. The van der Waals surface area contributed by atoms with Crippen LogP contribution in [0.15, 0.2) is 18.2 Å². The monoisotopic (exact) mass is 319 g/mol. The topological polar surface area (TPSA) is 9.23 Å². The number of halogens is 3. The van der Waals surface area contributed by atoms with E-state index in [1.165, 1.54) is 0 Å². The average Bonchev–Trinajstić information content (AvgIpc) is 2.01. The molecule has 93 valence electrons. The van der Waals surface area contributed by atoms with Gasteiger partial charge in [0, 0.05) is 0 Å². The van der Waals surface area contributed by atoms with Gasteiger partial charge in [0.05, 0.1) is 0 Å². The molecule has 0 saturated carbocycles. The normalized spacial score (nSPS) is 9.12. The summed E-state index contributed by atoms with van der Waals surface area (Å²) in [6.07, 6.45) is 0. The van der Waals surface area contributed by atoms with E-state index in [2.05, 4.69) is 6.07 Å². The van der Waals surface area contributed by atoms with E-state index in [9.17, 15) is 3.09 Å². The predicted molar refractivity (Wildman–Crippen MR) is 71.0 cm³/mol. The molecule has 0 aliphatic heterocycles. The van der Waals surface area contributed by atoms with E-state index in [0.717, 1.165) is 16.9 Å². The van der Waals surface area contributed by atoms with Crippen LogP contribution in [0.25, 0.3) is 0 Å². The second-order valence-corrected chi connectivity index (χ2v) is 14.7. The van der Waals surface area contributed by atoms with Gasteiger partial charge in [0.2, 0.25) is 0 Å². The van der Waals surface area contributed by atoms with Crippen molar-refractivity contribution in [3.8, 4) is 5.75 Å². The van der Waals surface area contributed by atoms with Crippen LogP contribution in [0.3, 0.4) is 0 Å². The third kappa shape index (κ3) is 6.26. The summed E-state index contributed by atoms with van der Waals surface area (Å²) in [5, 5.41) is 0. The van der Waals surface area contributed by atoms with E-state index in [4.69, 9.17) is 3.32 Å². The molecule has 0 fully saturated rings. The van der Waals surface area contributed by atoms with E-state index < -0.39 is 24.7 Å². The molecule has 0 atom stereocenters. The Bertz CT molecular complexity index is 305. The molecule has 0 bridgehead atoms. The van der Waals surface area contributed by atoms with Gasteiger partial charge in [0.25, 0.3) is 0 Å². The summed E-state index contributed by atoms with van der Waals surface area (Å²) in [6.45, 7) is 6.84. The van der Waals surface area contributed by atoms with Crippen molar-refractivity contribution in [2.24, 2.45) is 0 Å². The molecule has 0 N–H and O–H groups in total. The smallest absolute Gasteiger partial charge is 0.147 e. The largest absolute Gasteiger partial charge is 0.147 e. The van der Waals surface area contributed by atoms with Gasteiger partial charge in [-0.1, -0.05) is 0 Å². The van der Waals surface area contributed by atoms with Crippen molar-refractivity contribution < 1.29 is 24.5 Å². The molecule has 1 aromatic carbocycles. The van der Waals surface area contributed by atoms with Crippen LogP contribution in [-0.4, -0.2) is 6.66 Å². The molecule has 0 saturated heterocycles. The molecule has 0 aromatic heterocycles. The summed E-state index contributed by atoms with van der Waals surface area (Å²) < 4.78 is 18.9. The van der Waals surface area contributed by atoms with Crippen molar-refractivity contribution >= 4 is 31.5 Å². The SMILES string of the molecule is Cc1cc(C)cc([O][Ti]([F])[SiH](C)C)c1.Cl.Cl. The standard InChI is InChI=1S/C8H10O.C2H7Si.2ClH.FH.Ti/c1-6-3-7(2)5-8(9)4-6;1-3-2;;;;/h3-5,9H,1-2H3;3H,1-2H3;3*1H;/q;;;;;+2/p-2. The summed E-state index contributed by atoms with van der Waals surface area (Å²) >= 11 is -2.67. The fraction of sp³-hybridized carbons (Fsp3) is 0.400. The second-order valence-electron chi connectivity index (χ2n) is 3.88. The van der Waals surface area contributed by atoms with Crippen LogP contribution in [0.2, 0.25) is 13.1 Å². The van der Waals surface area contributed by atoms with Gasteiger partial charge < -0.3 is 0 Å². The first-order chi connectivity index (χ1) is 6.49. The van der Waals surface area contributed by atoms with Crippen LogP contribution >= 0.6 is 24.8 Å². The summed E-state index contributed by atoms with van der Waals surface area (Å²) in [5.41, 5.74) is 2.27. The van der Waals surface area contributed by atoms with Gasteiger partial charge >= 0.3 is 93.1 Å². The zero-order valence-corrected chi connectivity index (χ0v) is 14.3. The Hall–Kier alpha value is 0.461. The average molecular weight is 320 g/mol. The van der Waals surface area contributed by atoms with Crippen LogP contribution in [0, 0.1) is 13.8 Å². The van der Waals surface area contributed by atoms with Crippen LogP contribution in [0.5, 0.6) is 5.75 Å². The van der Waals surface area contributed by atoms with Crippen molar-refractivity contribution in [1.82, 2.24) is 0 Å². The van der Waals surface area contributed by atoms with Crippen molar-refractivity contribution in [2.75, 3.05) is 0 Å². The Morgan fingerprint density at radius 1 is 1.06 bits per heavy atom. The Balaban J connectivity index is 0. The number of rotatable bonds is 3. The minimum Gasteiger partial charge on any atom is -0.147 e. The van der Waals surface area contributed by atoms with Gasteiger partial charge in [-0.3, -0.25) is 0 Å². The van der Waals surface area contributed by atoms with Gasteiger partial charge in [-0.2, -0.15) is 0 Å². The number of benzene rings is 1. The van der Waals surface area contributed by atoms with E-state index in [1.54, 1.807) is 0 Å². The minimum absolute atomic E-state index is 0. The quantitative estimate of drug-likeness (QED) is 0.767. The van der Waals surface area contributed by atoms with E-state index in [0.29, 0.717) is 0 Å². The van der Waals surface area contributed by atoms with Crippen molar-refractivity contribution in [2.45, 2.75) is 26.9 Å². The van der Waals surface area contributed by atoms with Crippen molar-refractivity contribution in [3.63, 3.8) is 0 Å². The molecule has 1 aromatic rings. The fourth-order valence-corrected chi connectivity index (χ4v) is 3.66. The molecule has 0 heterocycles. The van der Waals surface area contributed by atoms with E-state index in [-0.39, 0.29) is 24.8 Å². The predicted octanol–water partition coefficient (Wildman–Crippen LogP) is 3.93. The maximum atomic E-state index is 13.5. The zero-order valence-electron chi connectivity index (χ0n) is 9.91. The minimum atomic E-state index is -2.67. The van der Waals surface area contributed by atoms with Gasteiger partial charge in [0.1, 0.15) is 0 Å². The summed E-state index contributed by atoms with van der Waals surface area (Å²) in [5.74, 6) is 0.723. The summed E-state index contributed by atoms with van der Waals surface area (Å²) in [7, 11) is 0. The fourth-order valence-electron chi connectivity index (χ4n) is 1.22. The molecule has 0 amide bonds. The van der Waals surface area contributed by atoms with Crippen LogP contribution in [-0.2, 0) is 18.0 Å². The Labute approximate surface area is 117 Å². The van der Waals surface area contributed by atoms with Gasteiger partial charge in [-0.25, -0.2) is 0 Å². The molecule has 0 radical (unpaired) electrons. The molecule has 0 aliphatic rings. The Morgan fingerprint density at radius 2 is 1.50 bits per heavy atom. The second kappa shape index (κ2) is 8.54. The third-order valence-electron chi connectivity index (χ3n) is 1.86. The maximum absolute atomic E-state index is 13.5. The van der Waals surface area contributed by atoms with Crippen LogP contribution in [0.1, 0.15) is 11.1 Å². The first-order valence-corrected chi connectivity index (χ1v) is 11.6. The first kappa shape index (κ1) is 18.8. The number of hydrogen-bond acceptors (Lipinski definition) is 1. The Kier molecular flexibility index (Phi) is 10.0. The molecular formula is C10H18Cl2FOSiTi. The van der Waals surface area contributed by atoms with E-state index in [1.807, 2.05) is 39.1 Å². The number of aryl methyl sites for hydroxylation is 2. The maximum Gasteiger partial charge on any atom is -0.147 e. The third-order valence-corrected chi connectivity index (χ3v) is 8.18. The molecule has 6 heteroatoms. The van der Waals surface area contributed by atoms with Crippen LogP contribution < -0.4 is 3.32 Å². The van der Waals surface area contributed by atoms with Crippen LogP contribution in [0.4, 0.5) is 3.09 Å². The Morgan fingerprint density at radius 3 is 1.88 bits per heavy atom. The van der Waals surface area contributed by atoms with Crippen molar-refractivity contribution in [3.05, 3.63) is 29.3 Å². The summed E-state index contributed by atoms with van der Waals surface area (Å²) in [4.78, 5) is 0. The zero-order chi connectivity index (χ0) is 10.7. The summed E-state index contributed by atoms with van der Waals surface area (Å²) in [6, 6.07) is 5.89. The molecular weight excluding hydrogens is 302 g/mol. The van der Waals surface area contributed by atoms with E-state index >= 15 is 0 Å². The molecule has 0 aliphatic carbocycles. The van der Waals surface area contributed by atoms with Crippen molar-refractivity contribution in [1.29, 1.82) is 0 Å². The first-order valence-electron chi connectivity index (χ1n) is 4.77. The molecule has 16 heavy (non-hydrogen) atoms. The van der Waals surface area contributed by atoms with Gasteiger partial charge in [-0.15, -0.1) is 24.8 Å². The van der Waals surface area contributed by atoms with Gasteiger partial charge in [-0.05, 0) is 0 Å². The number of hydrogen-bond donors (Lipinski definition) is 0.